The standard InChI is InChI=1S/C44H38N2O2/c1-43(2)27-47-41(45-43)33-23-19-31(20-24-33)37-35-17-11-12-18-36(35)38(32-21-25-34(26-22-32)42-46-44(3,4)28-48-42)40(30-15-9-6-10-16-30)39(37)29-13-7-5-8-14-29/h5-26H,27-28H2,1-4H3. The summed E-state index contributed by atoms with van der Waals surface area (Å²) in [4.78, 5) is 9.65. The highest BCUT2D eigenvalue weighted by Crippen LogP contribution is 2.50. The summed E-state index contributed by atoms with van der Waals surface area (Å²) in [6.45, 7) is 9.59. The second kappa shape index (κ2) is 11.6. The van der Waals surface area contributed by atoms with Crippen LogP contribution in [0.2, 0.25) is 0 Å². The predicted octanol–water partition coefficient (Wildman–Crippen LogP) is 10.6. The second-order valence-corrected chi connectivity index (χ2v) is 14.0. The maximum absolute atomic E-state index is 5.99. The Kier molecular flexibility index (Phi) is 7.25. The summed E-state index contributed by atoms with van der Waals surface area (Å²) < 4.78 is 12.0. The first-order valence-corrected chi connectivity index (χ1v) is 16.6. The monoisotopic (exact) mass is 626 g/mol. The summed E-state index contributed by atoms with van der Waals surface area (Å²) >= 11 is 0. The maximum Gasteiger partial charge on any atom is 0.216 e. The first kappa shape index (κ1) is 29.9. The summed E-state index contributed by atoms with van der Waals surface area (Å²) in [7, 11) is 0. The Bertz CT molecular complexity index is 2040. The fourth-order valence-electron chi connectivity index (χ4n) is 6.85. The third kappa shape index (κ3) is 5.47. The molecule has 0 saturated heterocycles. The Labute approximate surface area is 282 Å². The van der Waals surface area contributed by atoms with Crippen LogP contribution < -0.4 is 0 Å². The summed E-state index contributed by atoms with van der Waals surface area (Å²) in [5.74, 6) is 1.42. The topological polar surface area (TPSA) is 43.2 Å². The number of hydrogen-bond donors (Lipinski definition) is 0. The van der Waals surface area contributed by atoms with Crippen molar-refractivity contribution in [2.75, 3.05) is 13.2 Å². The molecule has 0 radical (unpaired) electrons. The molecular formula is C44H38N2O2. The molecule has 236 valence electrons. The number of benzene rings is 6. The molecule has 0 unspecified atom stereocenters. The van der Waals surface area contributed by atoms with Crippen LogP contribution >= 0.6 is 0 Å². The van der Waals surface area contributed by atoms with Crippen LogP contribution in [0.5, 0.6) is 0 Å². The van der Waals surface area contributed by atoms with Gasteiger partial charge in [0.25, 0.3) is 0 Å². The van der Waals surface area contributed by atoms with Gasteiger partial charge in [-0.2, -0.15) is 0 Å². The van der Waals surface area contributed by atoms with Gasteiger partial charge in [0.15, 0.2) is 0 Å². The van der Waals surface area contributed by atoms with Crippen LogP contribution in [0.1, 0.15) is 38.8 Å². The lowest BCUT2D eigenvalue weighted by molar-refractivity contribution is 0.279. The summed E-state index contributed by atoms with van der Waals surface area (Å²) in [6, 6.07) is 47.8. The van der Waals surface area contributed by atoms with E-state index in [-0.39, 0.29) is 11.1 Å². The second-order valence-electron chi connectivity index (χ2n) is 14.0. The molecule has 0 amide bonds. The van der Waals surface area contributed by atoms with E-state index in [1.54, 1.807) is 0 Å². The minimum atomic E-state index is -0.211. The average Bonchev–Trinajstić information content (AvgIpc) is 3.68. The normalized spacial score (nSPS) is 16.2. The van der Waals surface area contributed by atoms with Crippen molar-refractivity contribution in [1.29, 1.82) is 0 Å². The Morgan fingerprint density at radius 2 is 0.688 bits per heavy atom. The first-order chi connectivity index (χ1) is 23.3. The van der Waals surface area contributed by atoms with Crippen molar-refractivity contribution in [2.45, 2.75) is 38.8 Å². The van der Waals surface area contributed by atoms with Crippen molar-refractivity contribution in [1.82, 2.24) is 0 Å². The molecular weight excluding hydrogens is 588 g/mol. The van der Waals surface area contributed by atoms with Gasteiger partial charge in [-0.1, -0.05) is 109 Å². The van der Waals surface area contributed by atoms with Crippen molar-refractivity contribution in [3.05, 3.63) is 145 Å². The Balaban J connectivity index is 1.41. The number of aliphatic imine (C=N–C) groups is 2. The highest BCUT2D eigenvalue weighted by molar-refractivity contribution is 6.18. The quantitative estimate of drug-likeness (QED) is 0.185. The number of nitrogens with zero attached hydrogens (tertiary/aromatic N) is 2. The largest absolute Gasteiger partial charge is 0.475 e. The lowest BCUT2D eigenvalue weighted by atomic mass is 9.79. The Morgan fingerprint density at radius 1 is 0.375 bits per heavy atom. The molecule has 2 aliphatic heterocycles. The maximum atomic E-state index is 5.99. The van der Waals surface area contributed by atoms with Gasteiger partial charge >= 0.3 is 0 Å². The third-order valence-electron chi connectivity index (χ3n) is 9.11. The summed E-state index contributed by atoms with van der Waals surface area (Å²) in [5, 5.41) is 2.40. The number of ether oxygens (including phenoxy) is 2. The summed E-state index contributed by atoms with van der Waals surface area (Å²) in [5.41, 5.74) is 11.0. The highest BCUT2D eigenvalue weighted by Gasteiger charge is 2.29. The minimum Gasteiger partial charge on any atom is -0.475 e. The van der Waals surface area contributed by atoms with E-state index in [1.807, 2.05) is 0 Å². The zero-order valence-electron chi connectivity index (χ0n) is 27.8. The van der Waals surface area contributed by atoms with Crippen molar-refractivity contribution < 1.29 is 9.47 Å². The molecule has 0 atom stereocenters. The van der Waals surface area contributed by atoms with Crippen LogP contribution in [0.15, 0.2) is 143 Å². The number of hydrogen-bond acceptors (Lipinski definition) is 4. The van der Waals surface area contributed by atoms with E-state index in [9.17, 15) is 0 Å². The SMILES string of the molecule is CC1(C)COC(c2ccc(-c3c(-c4ccccc4)c(-c4ccccc4)c(-c4ccc(C5=NC(C)(C)CO5)cc4)c4ccccc34)cc2)=N1. The van der Waals surface area contributed by atoms with E-state index >= 15 is 0 Å². The van der Waals surface area contributed by atoms with Gasteiger partial charge in [-0.3, -0.25) is 0 Å². The van der Waals surface area contributed by atoms with E-state index < -0.39 is 0 Å². The van der Waals surface area contributed by atoms with E-state index in [2.05, 4.69) is 161 Å². The zero-order chi connectivity index (χ0) is 32.9. The molecule has 8 rings (SSSR count). The molecule has 2 heterocycles. The fraction of sp³-hybridized carbons (Fsp3) is 0.182. The van der Waals surface area contributed by atoms with E-state index in [0.29, 0.717) is 25.0 Å². The molecule has 6 aromatic carbocycles. The van der Waals surface area contributed by atoms with E-state index in [0.717, 1.165) is 22.3 Å². The van der Waals surface area contributed by atoms with Gasteiger partial charge in [0.1, 0.15) is 13.2 Å². The predicted molar refractivity (Wildman–Crippen MR) is 199 cm³/mol. The van der Waals surface area contributed by atoms with Gasteiger partial charge in [-0.15, -0.1) is 0 Å². The molecule has 4 heteroatoms. The Morgan fingerprint density at radius 3 is 1.02 bits per heavy atom. The van der Waals surface area contributed by atoms with E-state index in [4.69, 9.17) is 19.5 Å². The van der Waals surface area contributed by atoms with Crippen molar-refractivity contribution in [2.24, 2.45) is 9.98 Å². The lowest BCUT2D eigenvalue weighted by Gasteiger charge is -2.24. The third-order valence-corrected chi connectivity index (χ3v) is 9.11. The molecule has 2 aliphatic rings. The molecule has 48 heavy (non-hydrogen) atoms. The van der Waals surface area contributed by atoms with Crippen LogP contribution in [0.4, 0.5) is 0 Å². The number of fused-ring (bicyclic) bond motifs is 1. The average molecular weight is 627 g/mol. The van der Waals surface area contributed by atoms with Gasteiger partial charge in [-0.05, 0) is 107 Å². The zero-order valence-corrected chi connectivity index (χ0v) is 27.8. The molecule has 4 nitrogen and oxygen atoms in total. The van der Waals surface area contributed by atoms with Crippen LogP contribution in [0.3, 0.4) is 0 Å². The van der Waals surface area contributed by atoms with Crippen LogP contribution in [0.25, 0.3) is 55.3 Å². The van der Waals surface area contributed by atoms with Crippen LogP contribution in [0, 0.1) is 0 Å². The van der Waals surface area contributed by atoms with E-state index in [1.165, 1.54) is 44.2 Å². The van der Waals surface area contributed by atoms with Crippen LogP contribution in [-0.4, -0.2) is 36.1 Å². The van der Waals surface area contributed by atoms with Gasteiger partial charge < -0.3 is 9.47 Å². The molecule has 0 aromatic heterocycles. The van der Waals surface area contributed by atoms with Gasteiger partial charge in [0.2, 0.25) is 11.8 Å². The van der Waals surface area contributed by atoms with Gasteiger partial charge in [0, 0.05) is 11.1 Å². The molecule has 0 N–H and O–H groups in total. The van der Waals surface area contributed by atoms with Crippen molar-refractivity contribution in [3.8, 4) is 44.5 Å². The van der Waals surface area contributed by atoms with Gasteiger partial charge in [-0.25, -0.2) is 9.98 Å². The summed E-state index contributed by atoms with van der Waals surface area (Å²) in [6.07, 6.45) is 0. The fourth-order valence-corrected chi connectivity index (χ4v) is 6.85. The van der Waals surface area contributed by atoms with Crippen molar-refractivity contribution in [3.63, 3.8) is 0 Å². The van der Waals surface area contributed by atoms with Gasteiger partial charge in [0.05, 0.1) is 11.1 Å². The molecule has 0 aliphatic carbocycles. The Hall–Kier alpha value is -5.48. The minimum absolute atomic E-state index is 0.211. The molecule has 0 spiro atoms. The van der Waals surface area contributed by atoms with Crippen LogP contribution in [-0.2, 0) is 9.47 Å². The first-order valence-electron chi connectivity index (χ1n) is 16.6. The number of rotatable bonds is 6. The lowest BCUT2D eigenvalue weighted by Crippen LogP contribution is -2.17. The molecule has 0 bridgehead atoms. The highest BCUT2D eigenvalue weighted by atomic mass is 16.5. The molecule has 0 saturated carbocycles. The molecule has 6 aromatic rings. The smallest absolute Gasteiger partial charge is 0.216 e. The molecule has 0 fully saturated rings. The van der Waals surface area contributed by atoms with Crippen molar-refractivity contribution >= 4 is 22.6 Å².